The van der Waals surface area contributed by atoms with Gasteiger partial charge in [0.1, 0.15) is 41.3 Å². The van der Waals surface area contributed by atoms with Crippen LogP contribution in [0.3, 0.4) is 0 Å². The second-order valence-corrected chi connectivity index (χ2v) is 16.7. The van der Waals surface area contributed by atoms with E-state index in [1.54, 1.807) is 52.3 Å². The fraction of sp³-hybridized carbons (Fsp3) is 0.639. The monoisotopic (exact) mass is 743 g/mol. The van der Waals surface area contributed by atoms with Crippen LogP contribution in [0.1, 0.15) is 85.5 Å². The molecule has 0 unspecified atom stereocenters. The highest BCUT2D eigenvalue weighted by Gasteiger charge is 2.62. The lowest BCUT2D eigenvalue weighted by molar-refractivity contribution is -0.143. The Bertz CT molecular complexity index is 1810. The zero-order valence-corrected chi connectivity index (χ0v) is 31.1. The van der Waals surface area contributed by atoms with Gasteiger partial charge in [0.25, 0.3) is 5.91 Å². The van der Waals surface area contributed by atoms with Crippen LogP contribution < -0.4 is 24.8 Å². The van der Waals surface area contributed by atoms with Crippen molar-refractivity contribution in [3.8, 4) is 11.5 Å². The van der Waals surface area contributed by atoms with Gasteiger partial charge < -0.3 is 29.7 Å². The van der Waals surface area contributed by atoms with Crippen LogP contribution in [0.2, 0.25) is 0 Å². The van der Waals surface area contributed by atoms with Crippen LogP contribution >= 0.6 is 0 Å². The number of rotatable bonds is 13. The molecule has 0 bridgehead atoms. The van der Waals surface area contributed by atoms with Gasteiger partial charge in [0.2, 0.25) is 11.8 Å². The molecule has 3 N–H and O–H groups in total. The maximum absolute atomic E-state index is 14.5. The molecule has 1 aliphatic heterocycles. The molecule has 1 saturated heterocycles. The minimum absolute atomic E-state index is 0.0111. The summed E-state index contributed by atoms with van der Waals surface area (Å²) in [4.78, 5) is 61.1. The number of likely N-dealkylation sites (tertiary alicyclic amines) is 1. The number of pyridine rings is 1. The SMILES string of the molecule is CC[C@@H]1C[C@]1(NC(=O)[C@@H]1C[C@@H](Oc2ccnc3cc(OC)ccc23)CN1C(=O)[C@@H](NC(=O)OC1CCCC1)C(C)(C)C)C(=O)NS(=O)(=O)OC1CC1. The van der Waals surface area contributed by atoms with Gasteiger partial charge in [-0.2, -0.15) is 8.42 Å². The Morgan fingerprint density at radius 1 is 1.04 bits per heavy atom. The van der Waals surface area contributed by atoms with E-state index >= 15 is 0 Å². The smallest absolute Gasteiger partial charge is 0.408 e. The van der Waals surface area contributed by atoms with E-state index < -0.39 is 69.4 Å². The van der Waals surface area contributed by atoms with Crippen molar-refractivity contribution in [2.75, 3.05) is 13.7 Å². The Kier molecular flexibility index (Phi) is 10.6. The molecule has 3 saturated carbocycles. The second-order valence-electron chi connectivity index (χ2n) is 15.4. The summed E-state index contributed by atoms with van der Waals surface area (Å²) in [6.07, 6.45) is 4.89. The number of fused-ring (bicyclic) bond motifs is 1. The van der Waals surface area contributed by atoms with Crippen molar-refractivity contribution in [2.45, 2.75) is 121 Å². The van der Waals surface area contributed by atoms with Crippen molar-refractivity contribution < 1.29 is 46.0 Å². The molecule has 6 rings (SSSR count). The third kappa shape index (κ3) is 8.38. The fourth-order valence-corrected chi connectivity index (χ4v) is 8.20. The van der Waals surface area contributed by atoms with Gasteiger partial charge in [0.15, 0.2) is 0 Å². The molecule has 16 heteroatoms. The number of amides is 4. The van der Waals surface area contributed by atoms with Gasteiger partial charge in [-0.25, -0.2) is 9.52 Å². The van der Waals surface area contributed by atoms with Gasteiger partial charge in [-0.3, -0.25) is 23.6 Å². The maximum Gasteiger partial charge on any atom is 0.408 e. The molecule has 52 heavy (non-hydrogen) atoms. The minimum Gasteiger partial charge on any atom is -0.497 e. The highest BCUT2D eigenvalue weighted by molar-refractivity contribution is 7.85. The molecule has 0 radical (unpaired) electrons. The number of alkyl carbamates (subject to hydrolysis) is 1. The van der Waals surface area contributed by atoms with Crippen molar-refractivity contribution in [2.24, 2.45) is 11.3 Å². The van der Waals surface area contributed by atoms with Crippen molar-refractivity contribution in [1.82, 2.24) is 25.2 Å². The van der Waals surface area contributed by atoms with Crippen LogP contribution in [0.5, 0.6) is 11.5 Å². The van der Waals surface area contributed by atoms with E-state index in [0.29, 0.717) is 41.7 Å². The van der Waals surface area contributed by atoms with Gasteiger partial charge in [0.05, 0.1) is 25.3 Å². The van der Waals surface area contributed by atoms with E-state index in [9.17, 15) is 27.6 Å². The van der Waals surface area contributed by atoms with Crippen LogP contribution in [-0.4, -0.2) is 91.7 Å². The molecular weight excluding hydrogens is 694 g/mol. The van der Waals surface area contributed by atoms with Gasteiger partial charge in [-0.05, 0) is 74.5 Å². The van der Waals surface area contributed by atoms with Crippen LogP contribution in [-0.2, 0) is 33.6 Å². The first-order valence-electron chi connectivity index (χ1n) is 18.1. The molecule has 3 aliphatic carbocycles. The number of nitrogens with zero attached hydrogens (tertiary/aromatic N) is 2. The van der Waals surface area contributed by atoms with E-state index in [0.717, 1.165) is 25.7 Å². The summed E-state index contributed by atoms with van der Waals surface area (Å²) in [7, 11) is -2.83. The topological polar surface area (TPSA) is 192 Å². The van der Waals surface area contributed by atoms with Crippen LogP contribution in [0.25, 0.3) is 10.9 Å². The molecule has 0 spiro atoms. The van der Waals surface area contributed by atoms with Crippen molar-refractivity contribution >= 4 is 45.0 Å². The molecule has 1 aromatic carbocycles. The summed E-state index contributed by atoms with van der Waals surface area (Å²) in [5, 5.41) is 6.30. The molecule has 2 aromatic rings. The molecule has 15 nitrogen and oxygen atoms in total. The first-order valence-corrected chi connectivity index (χ1v) is 19.5. The Morgan fingerprint density at radius 2 is 1.77 bits per heavy atom. The number of aromatic nitrogens is 1. The normalized spacial score (nSPS) is 25.3. The maximum atomic E-state index is 14.5. The van der Waals surface area contributed by atoms with Crippen molar-refractivity contribution in [3.63, 3.8) is 0 Å². The summed E-state index contributed by atoms with van der Waals surface area (Å²) in [5.41, 5.74) is -1.66. The largest absolute Gasteiger partial charge is 0.497 e. The molecule has 5 atom stereocenters. The molecule has 4 fully saturated rings. The minimum atomic E-state index is -4.39. The average molecular weight is 744 g/mol. The standard InChI is InChI=1S/C36H49N5O10S/c1-6-21-19-36(21,33(44)40-52(46,47)51-23-11-12-23)39-31(42)28-18-25(49-29-15-16-37-27-17-24(48-5)13-14-26(27)29)20-41(28)32(43)30(35(2,3)4)38-34(45)50-22-9-7-8-10-22/h13-17,21-23,25,28,30H,6-12,18-20H2,1-5H3,(H,38,45)(H,39,42)(H,40,44)/t21-,25-,28+,30-,36-/m1/s1. The third-order valence-corrected chi connectivity index (χ3v) is 11.3. The lowest BCUT2D eigenvalue weighted by Gasteiger charge is -2.35. The molecule has 4 aliphatic rings. The number of ether oxygens (including phenoxy) is 3. The molecule has 4 amide bonds. The molecule has 1 aromatic heterocycles. The van der Waals surface area contributed by atoms with Crippen LogP contribution in [0, 0.1) is 11.3 Å². The first-order chi connectivity index (χ1) is 24.6. The number of nitrogens with one attached hydrogen (secondary N) is 3. The van der Waals surface area contributed by atoms with Gasteiger partial charge in [-0.15, -0.1) is 0 Å². The van der Waals surface area contributed by atoms with Gasteiger partial charge in [-0.1, -0.05) is 34.1 Å². The summed E-state index contributed by atoms with van der Waals surface area (Å²) < 4.78 is 49.6. The molecular formula is C36H49N5O10S. The number of hydrogen-bond donors (Lipinski definition) is 3. The quantitative estimate of drug-likeness (QED) is 0.272. The van der Waals surface area contributed by atoms with E-state index in [4.69, 9.17) is 18.4 Å². The zero-order valence-electron chi connectivity index (χ0n) is 30.3. The Balaban J connectivity index is 1.26. The van der Waals surface area contributed by atoms with E-state index in [2.05, 4.69) is 15.6 Å². The van der Waals surface area contributed by atoms with E-state index in [-0.39, 0.29) is 31.4 Å². The zero-order chi connectivity index (χ0) is 37.4. The summed E-state index contributed by atoms with van der Waals surface area (Å²) in [5.74, 6) is -1.28. The lowest BCUT2D eigenvalue weighted by Crippen LogP contribution is -2.60. The number of hydrogen-bond acceptors (Lipinski definition) is 11. The highest BCUT2D eigenvalue weighted by atomic mass is 32.2. The third-order valence-electron chi connectivity index (χ3n) is 10.4. The number of benzene rings is 1. The Morgan fingerprint density at radius 3 is 2.40 bits per heavy atom. The second kappa shape index (κ2) is 14.7. The first kappa shape index (κ1) is 37.6. The summed E-state index contributed by atoms with van der Waals surface area (Å²) in [6.45, 7) is 7.25. The number of methoxy groups -OCH3 is 1. The predicted octanol–water partition coefficient (Wildman–Crippen LogP) is 3.50. The van der Waals surface area contributed by atoms with Crippen LogP contribution in [0.4, 0.5) is 4.79 Å². The number of carbonyl (C=O) groups excluding carboxylic acids is 4. The average Bonchev–Trinajstić information content (AvgIpc) is 3.92. The number of carbonyl (C=O) groups is 4. The van der Waals surface area contributed by atoms with E-state index in [1.807, 2.05) is 17.7 Å². The lowest BCUT2D eigenvalue weighted by atomic mass is 9.85. The van der Waals surface area contributed by atoms with Crippen molar-refractivity contribution in [3.05, 3.63) is 30.5 Å². The van der Waals surface area contributed by atoms with Gasteiger partial charge in [0, 0.05) is 24.1 Å². The van der Waals surface area contributed by atoms with Crippen molar-refractivity contribution in [1.29, 1.82) is 0 Å². The molecule has 2 heterocycles. The Labute approximate surface area is 304 Å². The Hall–Kier alpha value is -4.18. The highest BCUT2D eigenvalue weighted by Crippen LogP contribution is 2.47. The summed E-state index contributed by atoms with van der Waals surface area (Å²) >= 11 is 0. The van der Waals surface area contributed by atoms with Gasteiger partial charge >= 0.3 is 16.4 Å². The summed E-state index contributed by atoms with van der Waals surface area (Å²) in [6, 6.07) is 4.87. The van der Waals surface area contributed by atoms with Crippen LogP contribution in [0.15, 0.2) is 30.5 Å². The van der Waals surface area contributed by atoms with E-state index in [1.165, 1.54) is 4.90 Å². The fourth-order valence-electron chi connectivity index (χ4n) is 7.20. The molecule has 284 valence electrons. The predicted molar refractivity (Wildman–Crippen MR) is 188 cm³/mol.